The first-order valence-corrected chi connectivity index (χ1v) is 7.94. The van der Waals surface area contributed by atoms with Crippen molar-refractivity contribution < 1.29 is 14.3 Å². The Morgan fingerprint density at radius 1 is 1.27 bits per heavy atom. The van der Waals surface area contributed by atoms with Crippen LogP contribution in [0.4, 0.5) is 5.69 Å². The number of nitrogens with zero attached hydrogens (tertiary/aromatic N) is 1. The van der Waals surface area contributed by atoms with E-state index in [0.717, 1.165) is 31.4 Å². The Kier molecular flexibility index (Phi) is 4.56. The highest BCUT2D eigenvalue weighted by atomic mass is 16.5. The number of carbonyl (C=O) groups excluding carboxylic acids is 2. The van der Waals surface area contributed by atoms with Gasteiger partial charge in [0.05, 0.1) is 6.42 Å². The van der Waals surface area contributed by atoms with E-state index in [2.05, 4.69) is 12.2 Å². The van der Waals surface area contributed by atoms with Crippen molar-refractivity contribution in [3.8, 4) is 0 Å². The molecule has 0 saturated heterocycles. The van der Waals surface area contributed by atoms with Gasteiger partial charge >= 0.3 is 5.97 Å². The van der Waals surface area contributed by atoms with Crippen LogP contribution in [0.15, 0.2) is 36.4 Å². The molecule has 0 saturated carbocycles. The summed E-state index contributed by atoms with van der Waals surface area (Å²) in [5.41, 5.74) is 2.14. The van der Waals surface area contributed by atoms with Gasteiger partial charge in [0, 0.05) is 12.2 Å². The average molecular weight is 299 g/mol. The lowest BCUT2D eigenvalue weighted by atomic mass is 10.0. The quantitative estimate of drug-likeness (QED) is 0.634. The third-order valence-corrected chi connectivity index (χ3v) is 4.31. The van der Waals surface area contributed by atoms with Crippen molar-refractivity contribution in [1.29, 1.82) is 0 Å². The van der Waals surface area contributed by atoms with Crippen LogP contribution < -0.4 is 4.90 Å². The number of ether oxygens (including phenoxy) is 1. The molecule has 1 amide bonds. The second kappa shape index (κ2) is 6.77. The number of benzene rings is 1. The Bertz CT molecular complexity index is 594. The summed E-state index contributed by atoms with van der Waals surface area (Å²) in [5, 5.41) is 0. The first-order valence-electron chi connectivity index (χ1n) is 7.94. The molecule has 3 rings (SSSR count). The summed E-state index contributed by atoms with van der Waals surface area (Å²) in [6.07, 6.45) is 8.50. The molecule has 1 aliphatic heterocycles. The van der Waals surface area contributed by atoms with Gasteiger partial charge < -0.3 is 9.64 Å². The zero-order valence-corrected chi connectivity index (χ0v) is 12.7. The Morgan fingerprint density at radius 3 is 2.95 bits per heavy atom. The molecule has 1 aromatic carbocycles. The van der Waals surface area contributed by atoms with E-state index in [9.17, 15) is 9.59 Å². The summed E-state index contributed by atoms with van der Waals surface area (Å²) in [7, 11) is 0. The van der Waals surface area contributed by atoms with Crippen molar-refractivity contribution in [1.82, 2.24) is 0 Å². The fourth-order valence-corrected chi connectivity index (χ4v) is 3.15. The van der Waals surface area contributed by atoms with Crippen LogP contribution in [0.5, 0.6) is 0 Å². The maximum atomic E-state index is 12.3. The molecule has 116 valence electrons. The molecule has 0 spiro atoms. The second-order valence-corrected chi connectivity index (χ2v) is 5.91. The number of anilines is 1. The number of aryl methyl sites for hydroxylation is 1. The molecule has 0 bridgehead atoms. The molecule has 0 aromatic heterocycles. The highest BCUT2D eigenvalue weighted by molar-refractivity contribution is 5.96. The number of rotatable bonds is 4. The van der Waals surface area contributed by atoms with Gasteiger partial charge in [0.25, 0.3) is 5.91 Å². The fraction of sp³-hybridized carbons (Fsp3) is 0.444. The Morgan fingerprint density at radius 2 is 2.14 bits per heavy atom. The number of allylic oxidation sites excluding steroid dienone is 2. The first-order chi connectivity index (χ1) is 10.7. The molecule has 2 aliphatic rings. The maximum absolute atomic E-state index is 12.3. The number of para-hydroxylation sites is 1. The van der Waals surface area contributed by atoms with Crippen LogP contribution in [-0.4, -0.2) is 25.0 Å². The maximum Gasteiger partial charge on any atom is 0.306 e. The summed E-state index contributed by atoms with van der Waals surface area (Å²) in [6.45, 7) is 0.530. The molecule has 0 radical (unpaired) electrons. The van der Waals surface area contributed by atoms with Gasteiger partial charge in [0.2, 0.25) is 0 Å². The van der Waals surface area contributed by atoms with Crippen molar-refractivity contribution in [3.63, 3.8) is 0 Å². The Hall–Kier alpha value is -2.10. The van der Waals surface area contributed by atoms with Crippen molar-refractivity contribution in [3.05, 3.63) is 42.0 Å². The van der Waals surface area contributed by atoms with E-state index in [4.69, 9.17) is 4.74 Å². The topological polar surface area (TPSA) is 46.6 Å². The normalized spacial score (nSPS) is 19.8. The van der Waals surface area contributed by atoms with Crippen LogP contribution in [0.2, 0.25) is 0 Å². The van der Waals surface area contributed by atoms with Gasteiger partial charge in [0.15, 0.2) is 6.61 Å². The molecular weight excluding hydrogens is 278 g/mol. The summed E-state index contributed by atoms with van der Waals surface area (Å²) in [4.78, 5) is 25.9. The molecule has 4 heteroatoms. The second-order valence-electron chi connectivity index (χ2n) is 5.91. The van der Waals surface area contributed by atoms with Gasteiger partial charge in [-0.05, 0) is 43.2 Å². The highest BCUT2D eigenvalue weighted by Crippen LogP contribution is 2.26. The van der Waals surface area contributed by atoms with E-state index in [0.29, 0.717) is 13.0 Å². The average Bonchev–Trinajstić information content (AvgIpc) is 3.05. The third-order valence-electron chi connectivity index (χ3n) is 4.31. The number of amides is 1. The minimum atomic E-state index is -0.282. The van der Waals surface area contributed by atoms with Crippen molar-refractivity contribution >= 4 is 17.6 Å². The SMILES string of the molecule is O=C(CC1C=CCC1)OCC(=O)N1CCCc2ccccc21. The van der Waals surface area contributed by atoms with Crippen LogP contribution in [0, 0.1) is 5.92 Å². The lowest BCUT2D eigenvalue weighted by molar-refractivity contribution is -0.148. The summed E-state index contributed by atoms with van der Waals surface area (Å²) in [5.74, 6) is -0.143. The van der Waals surface area contributed by atoms with E-state index in [1.165, 1.54) is 5.56 Å². The fourth-order valence-electron chi connectivity index (χ4n) is 3.15. The molecule has 1 unspecified atom stereocenters. The summed E-state index contributed by atoms with van der Waals surface area (Å²) < 4.78 is 5.17. The van der Waals surface area contributed by atoms with E-state index >= 15 is 0 Å². The first kappa shape index (κ1) is 14.8. The monoisotopic (exact) mass is 299 g/mol. The van der Waals surface area contributed by atoms with Crippen LogP contribution in [0.1, 0.15) is 31.2 Å². The smallest absolute Gasteiger partial charge is 0.306 e. The highest BCUT2D eigenvalue weighted by Gasteiger charge is 2.23. The summed E-state index contributed by atoms with van der Waals surface area (Å²) >= 11 is 0. The van der Waals surface area contributed by atoms with Crippen LogP contribution in [0.25, 0.3) is 0 Å². The van der Waals surface area contributed by atoms with E-state index < -0.39 is 0 Å². The standard InChI is InChI=1S/C18H21NO3/c20-17(13-22-18(21)12-14-6-1-2-7-14)19-11-5-9-15-8-3-4-10-16(15)19/h1,3-4,6,8,10,14H,2,5,7,9,11-13H2. The molecule has 1 heterocycles. The molecule has 0 fully saturated rings. The summed E-state index contributed by atoms with van der Waals surface area (Å²) in [6, 6.07) is 7.93. The molecule has 1 aromatic rings. The number of hydrogen-bond acceptors (Lipinski definition) is 3. The van der Waals surface area contributed by atoms with Gasteiger partial charge in [-0.25, -0.2) is 0 Å². The largest absolute Gasteiger partial charge is 0.456 e. The number of carbonyl (C=O) groups is 2. The van der Waals surface area contributed by atoms with Crippen LogP contribution in [-0.2, 0) is 20.7 Å². The predicted molar refractivity (Wildman–Crippen MR) is 84.6 cm³/mol. The predicted octanol–water partition coefficient (Wildman–Crippen LogP) is 2.87. The molecule has 1 atom stereocenters. The zero-order chi connectivity index (χ0) is 15.4. The van der Waals surface area contributed by atoms with Crippen LogP contribution in [0.3, 0.4) is 0 Å². The van der Waals surface area contributed by atoms with Gasteiger partial charge in [-0.2, -0.15) is 0 Å². The van der Waals surface area contributed by atoms with Gasteiger partial charge in [-0.3, -0.25) is 9.59 Å². The van der Waals surface area contributed by atoms with Gasteiger partial charge in [0.1, 0.15) is 0 Å². The Balaban J connectivity index is 1.54. The van der Waals surface area contributed by atoms with Gasteiger partial charge in [-0.15, -0.1) is 0 Å². The Labute approximate surface area is 130 Å². The minimum Gasteiger partial charge on any atom is -0.456 e. The number of hydrogen-bond donors (Lipinski definition) is 0. The van der Waals surface area contributed by atoms with Crippen molar-refractivity contribution in [2.24, 2.45) is 5.92 Å². The van der Waals surface area contributed by atoms with Crippen LogP contribution >= 0.6 is 0 Å². The third kappa shape index (κ3) is 3.38. The van der Waals surface area contributed by atoms with Crippen molar-refractivity contribution in [2.75, 3.05) is 18.1 Å². The number of esters is 1. The van der Waals surface area contributed by atoms with E-state index in [-0.39, 0.29) is 24.4 Å². The van der Waals surface area contributed by atoms with Gasteiger partial charge in [-0.1, -0.05) is 30.4 Å². The number of fused-ring (bicyclic) bond motifs is 1. The van der Waals surface area contributed by atoms with E-state index in [1.807, 2.05) is 24.3 Å². The van der Waals surface area contributed by atoms with E-state index in [1.54, 1.807) is 4.90 Å². The van der Waals surface area contributed by atoms with Crippen molar-refractivity contribution in [2.45, 2.75) is 32.1 Å². The minimum absolute atomic E-state index is 0.137. The molecule has 22 heavy (non-hydrogen) atoms. The lowest BCUT2D eigenvalue weighted by Crippen LogP contribution is -2.38. The zero-order valence-electron chi connectivity index (χ0n) is 12.7. The molecule has 4 nitrogen and oxygen atoms in total. The molecule has 0 N–H and O–H groups in total. The molecule has 1 aliphatic carbocycles. The lowest BCUT2D eigenvalue weighted by Gasteiger charge is -2.29. The molecular formula is C18H21NO3.